The number of aliphatic imine (C=N–C) groups is 1. The van der Waals surface area contributed by atoms with Crippen molar-refractivity contribution in [3.8, 4) is 0 Å². The molecule has 0 radical (unpaired) electrons. The van der Waals surface area contributed by atoms with Crippen molar-refractivity contribution in [2.24, 2.45) is 12.0 Å². The van der Waals surface area contributed by atoms with E-state index in [1.54, 1.807) is 18.4 Å². The Morgan fingerprint density at radius 2 is 2.37 bits per heavy atom. The molecule has 0 unspecified atom stereocenters. The summed E-state index contributed by atoms with van der Waals surface area (Å²) in [4.78, 5) is 5.50. The van der Waals surface area contributed by atoms with Gasteiger partial charge < -0.3 is 10.6 Å². The maximum Gasteiger partial charge on any atom is 0.191 e. The number of aryl methyl sites for hydroxylation is 1. The summed E-state index contributed by atoms with van der Waals surface area (Å²) in [7, 11) is 3.71. The number of aromatic nitrogens is 2. The van der Waals surface area contributed by atoms with Crippen molar-refractivity contribution in [1.82, 2.24) is 20.4 Å². The van der Waals surface area contributed by atoms with Crippen LogP contribution in [0.2, 0.25) is 0 Å². The Balaban J connectivity index is 1.71. The van der Waals surface area contributed by atoms with E-state index in [1.807, 2.05) is 24.1 Å². The van der Waals surface area contributed by atoms with Crippen LogP contribution in [0.1, 0.15) is 10.4 Å². The third kappa shape index (κ3) is 4.40. The number of guanidine groups is 1. The summed E-state index contributed by atoms with van der Waals surface area (Å²) >= 11 is 1.74. The molecule has 0 saturated heterocycles. The molecule has 0 aromatic carbocycles. The molecular formula is C13H19N5S. The first-order valence-corrected chi connectivity index (χ1v) is 7.10. The average molecular weight is 277 g/mol. The molecule has 0 aliphatic rings. The van der Waals surface area contributed by atoms with Crippen molar-refractivity contribution in [3.05, 3.63) is 40.3 Å². The molecule has 0 saturated carbocycles. The Hall–Kier alpha value is -1.82. The van der Waals surface area contributed by atoms with Crippen LogP contribution in [0.4, 0.5) is 0 Å². The summed E-state index contributed by atoms with van der Waals surface area (Å²) in [6.07, 6.45) is 4.86. The van der Waals surface area contributed by atoms with Gasteiger partial charge >= 0.3 is 0 Å². The molecule has 2 aromatic heterocycles. The second-order valence-corrected chi connectivity index (χ2v) is 5.24. The zero-order valence-electron chi connectivity index (χ0n) is 11.3. The smallest absolute Gasteiger partial charge is 0.191 e. The van der Waals surface area contributed by atoms with Crippen LogP contribution in [0.3, 0.4) is 0 Å². The fourth-order valence-corrected chi connectivity index (χ4v) is 2.38. The maximum absolute atomic E-state index is 4.20. The van der Waals surface area contributed by atoms with Crippen LogP contribution < -0.4 is 10.6 Å². The first kappa shape index (κ1) is 13.6. The zero-order valence-corrected chi connectivity index (χ0v) is 12.1. The van der Waals surface area contributed by atoms with E-state index in [1.165, 1.54) is 10.4 Å². The predicted molar refractivity (Wildman–Crippen MR) is 79.4 cm³/mol. The molecule has 19 heavy (non-hydrogen) atoms. The van der Waals surface area contributed by atoms with Crippen molar-refractivity contribution < 1.29 is 0 Å². The highest BCUT2D eigenvalue weighted by Gasteiger charge is 2.00. The Bertz CT molecular complexity index is 515. The summed E-state index contributed by atoms with van der Waals surface area (Å²) in [6, 6.07) is 4.17. The van der Waals surface area contributed by atoms with E-state index in [9.17, 15) is 0 Å². The van der Waals surface area contributed by atoms with Crippen LogP contribution in [-0.2, 0) is 20.0 Å². The molecule has 0 aliphatic carbocycles. The molecule has 0 aliphatic heterocycles. The normalized spacial score (nSPS) is 11.6. The second-order valence-electron chi connectivity index (χ2n) is 4.20. The first-order chi connectivity index (χ1) is 9.28. The summed E-state index contributed by atoms with van der Waals surface area (Å²) in [5, 5.41) is 12.8. The van der Waals surface area contributed by atoms with E-state index in [0.717, 1.165) is 25.5 Å². The van der Waals surface area contributed by atoms with Gasteiger partial charge in [0, 0.05) is 31.7 Å². The lowest BCUT2D eigenvalue weighted by molar-refractivity contribution is 0.765. The van der Waals surface area contributed by atoms with Gasteiger partial charge in [0.1, 0.15) is 0 Å². The quantitative estimate of drug-likeness (QED) is 0.641. The molecule has 2 rings (SSSR count). The predicted octanol–water partition coefficient (Wildman–Crippen LogP) is 1.39. The largest absolute Gasteiger partial charge is 0.356 e. The van der Waals surface area contributed by atoms with Gasteiger partial charge in [0.2, 0.25) is 0 Å². The molecule has 2 N–H and O–H groups in total. The highest BCUT2D eigenvalue weighted by atomic mass is 32.1. The van der Waals surface area contributed by atoms with Crippen molar-refractivity contribution in [3.63, 3.8) is 0 Å². The summed E-state index contributed by atoms with van der Waals surface area (Å²) in [5.41, 5.74) is 1.23. The van der Waals surface area contributed by atoms with Crippen molar-refractivity contribution in [2.75, 3.05) is 13.6 Å². The first-order valence-electron chi connectivity index (χ1n) is 6.22. The number of nitrogens with one attached hydrogen (secondary N) is 2. The second kappa shape index (κ2) is 6.94. The lowest BCUT2D eigenvalue weighted by Crippen LogP contribution is -2.37. The molecule has 0 atom stereocenters. The molecular weight excluding hydrogens is 258 g/mol. The minimum atomic E-state index is 0.810. The zero-order chi connectivity index (χ0) is 13.5. The van der Waals surface area contributed by atoms with E-state index in [4.69, 9.17) is 0 Å². The van der Waals surface area contributed by atoms with E-state index in [0.29, 0.717) is 0 Å². The van der Waals surface area contributed by atoms with Gasteiger partial charge in [-0.2, -0.15) is 5.10 Å². The lowest BCUT2D eigenvalue weighted by atomic mass is 10.2. The average Bonchev–Trinajstić information content (AvgIpc) is 3.05. The highest BCUT2D eigenvalue weighted by molar-refractivity contribution is 7.09. The maximum atomic E-state index is 4.20. The number of nitrogens with zero attached hydrogens (tertiary/aromatic N) is 3. The van der Waals surface area contributed by atoms with E-state index in [-0.39, 0.29) is 0 Å². The fraction of sp³-hybridized carbons (Fsp3) is 0.385. The van der Waals surface area contributed by atoms with Crippen LogP contribution in [0, 0.1) is 0 Å². The molecule has 2 heterocycles. The van der Waals surface area contributed by atoms with Crippen molar-refractivity contribution >= 4 is 17.3 Å². The summed E-state index contributed by atoms with van der Waals surface area (Å²) in [5.74, 6) is 0.831. The molecule has 6 heteroatoms. The van der Waals surface area contributed by atoms with Gasteiger partial charge in [0.15, 0.2) is 5.96 Å². The van der Waals surface area contributed by atoms with Gasteiger partial charge in [-0.1, -0.05) is 6.07 Å². The van der Waals surface area contributed by atoms with E-state index >= 15 is 0 Å². The SMILES string of the molecule is CN=C(NCCc1cnn(C)c1)NCc1cccs1. The molecule has 102 valence electrons. The molecule has 5 nitrogen and oxygen atoms in total. The third-order valence-corrected chi connectivity index (χ3v) is 3.57. The van der Waals surface area contributed by atoms with Gasteiger partial charge in [-0.25, -0.2) is 0 Å². The van der Waals surface area contributed by atoms with Crippen molar-refractivity contribution in [1.29, 1.82) is 0 Å². The third-order valence-electron chi connectivity index (χ3n) is 2.70. The van der Waals surface area contributed by atoms with Gasteiger partial charge in [0.05, 0.1) is 12.7 Å². The van der Waals surface area contributed by atoms with Crippen LogP contribution in [0.15, 0.2) is 34.9 Å². The van der Waals surface area contributed by atoms with Gasteiger partial charge in [0.25, 0.3) is 0 Å². The fourth-order valence-electron chi connectivity index (χ4n) is 1.73. The van der Waals surface area contributed by atoms with Crippen LogP contribution in [0.5, 0.6) is 0 Å². The number of hydrogen-bond donors (Lipinski definition) is 2. The topological polar surface area (TPSA) is 54.2 Å². The minimum Gasteiger partial charge on any atom is -0.356 e. The Morgan fingerprint density at radius 1 is 1.47 bits per heavy atom. The number of rotatable bonds is 5. The van der Waals surface area contributed by atoms with Gasteiger partial charge in [-0.05, 0) is 23.4 Å². The van der Waals surface area contributed by atoms with Crippen LogP contribution in [-0.4, -0.2) is 29.3 Å². The molecule has 0 spiro atoms. The monoisotopic (exact) mass is 277 g/mol. The molecule has 2 aromatic rings. The Morgan fingerprint density at radius 3 is 3.00 bits per heavy atom. The van der Waals surface area contributed by atoms with Crippen LogP contribution >= 0.6 is 11.3 Å². The Labute approximate surface area is 117 Å². The molecule has 0 fully saturated rings. The standard InChI is InChI=1S/C13H19N5S/c1-14-13(16-9-12-4-3-7-19-12)15-6-5-11-8-17-18(2)10-11/h3-4,7-8,10H,5-6,9H2,1-2H3,(H2,14,15,16). The number of thiophene rings is 1. The van der Waals surface area contributed by atoms with Crippen molar-refractivity contribution in [2.45, 2.75) is 13.0 Å². The molecule has 0 amide bonds. The highest BCUT2D eigenvalue weighted by Crippen LogP contribution is 2.07. The van der Waals surface area contributed by atoms with Gasteiger partial charge in [-0.15, -0.1) is 11.3 Å². The molecule has 0 bridgehead atoms. The summed E-state index contributed by atoms with van der Waals surface area (Å²) in [6.45, 7) is 1.65. The van der Waals surface area contributed by atoms with E-state index < -0.39 is 0 Å². The minimum absolute atomic E-state index is 0.810. The number of hydrogen-bond acceptors (Lipinski definition) is 3. The summed E-state index contributed by atoms with van der Waals surface area (Å²) < 4.78 is 1.82. The van der Waals surface area contributed by atoms with E-state index in [2.05, 4.69) is 38.2 Å². The lowest BCUT2D eigenvalue weighted by Gasteiger charge is -2.10. The van der Waals surface area contributed by atoms with Crippen LogP contribution in [0.25, 0.3) is 0 Å². The Kier molecular flexibility index (Phi) is 4.97. The van der Waals surface area contributed by atoms with Gasteiger partial charge in [-0.3, -0.25) is 9.67 Å².